The van der Waals surface area contributed by atoms with Crippen molar-refractivity contribution in [3.63, 3.8) is 0 Å². The van der Waals surface area contributed by atoms with Gasteiger partial charge in [-0.2, -0.15) is 5.10 Å². The number of nitrogens with two attached hydrogens (primary N) is 2. The molecule has 1 aromatic heterocycles. The van der Waals surface area contributed by atoms with Gasteiger partial charge in [0.1, 0.15) is 0 Å². The summed E-state index contributed by atoms with van der Waals surface area (Å²) in [5.74, 6) is 4.18. The highest BCUT2D eigenvalue weighted by Crippen LogP contribution is 2.19. The van der Waals surface area contributed by atoms with Crippen molar-refractivity contribution in [3.8, 4) is 0 Å². The Morgan fingerprint density at radius 1 is 1.35 bits per heavy atom. The lowest BCUT2D eigenvalue weighted by atomic mass is 10.1. The van der Waals surface area contributed by atoms with Crippen molar-refractivity contribution < 1.29 is 9.59 Å². The molecule has 0 saturated heterocycles. The largest absolute Gasteiger partial charge is 0.366 e. The summed E-state index contributed by atoms with van der Waals surface area (Å²) in [6.07, 6.45) is 2.97. The lowest BCUT2D eigenvalue weighted by molar-refractivity contribution is 0.0952. The highest BCUT2D eigenvalue weighted by atomic mass is 79.9. The second-order valence-corrected chi connectivity index (χ2v) is 4.92. The van der Waals surface area contributed by atoms with E-state index in [0.29, 0.717) is 17.7 Å². The van der Waals surface area contributed by atoms with Crippen LogP contribution in [0.3, 0.4) is 0 Å². The summed E-state index contributed by atoms with van der Waals surface area (Å²) in [5, 5.41) is 4.04. The number of hydrazine groups is 1. The lowest BCUT2D eigenvalue weighted by Gasteiger charge is -2.07. The van der Waals surface area contributed by atoms with Crippen molar-refractivity contribution in [3.05, 3.63) is 51.8 Å². The zero-order chi connectivity index (χ0) is 14.7. The fraction of sp³-hybridized carbons (Fsp3) is 0.0833. The maximum absolute atomic E-state index is 11.4. The fourth-order valence-corrected chi connectivity index (χ4v) is 2.16. The topological polar surface area (TPSA) is 116 Å². The van der Waals surface area contributed by atoms with Crippen molar-refractivity contribution in [2.24, 2.45) is 11.6 Å². The molecule has 1 aromatic carbocycles. The van der Waals surface area contributed by atoms with Gasteiger partial charge in [-0.05, 0) is 17.7 Å². The SMILES string of the molecule is NNC(=O)c1ccc(Cn2cc(C(N)=O)cn2)c(Br)c1. The lowest BCUT2D eigenvalue weighted by Crippen LogP contribution is -2.29. The number of nitrogen functional groups attached to an aromatic ring is 1. The molecule has 0 aliphatic carbocycles. The van der Waals surface area contributed by atoms with Gasteiger partial charge in [-0.3, -0.25) is 19.7 Å². The average Bonchev–Trinajstić information content (AvgIpc) is 2.89. The first-order chi connectivity index (χ1) is 9.51. The number of aromatic nitrogens is 2. The van der Waals surface area contributed by atoms with E-state index in [0.717, 1.165) is 10.0 Å². The van der Waals surface area contributed by atoms with E-state index in [1.807, 2.05) is 0 Å². The van der Waals surface area contributed by atoms with Crippen LogP contribution in [0.25, 0.3) is 0 Å². The summed E-state index contributed by atoms with van der Waals surface area (Å²) in [6, 6.07) is 5.09. The number of amides is 2. The Bertz CT molecular complexity index is 668. The first kappa shape index (κ1) is 14.2. The van der Waals surface area contributed by atoms with Crippen LogP contribution in [0.5, 0.6) is 0 Å². The van der Waals surface area contributed by atoms with Crippen LogP contribution in [0.1, 0.15) is 26.3 Å². The van der Waals surface area contributed by atoms with E-state index < -0.39 is 5.91 Å². The minimum Gasteiger partial charge on any atom is -0.366 e. The molecule has 8 heteroatoms. The van der Waals surface area contributed by atoms with Gasteiger partial charge < -0.3 is 5.73 Å². The van der Waals surface area contributed by atoms with Gasteiger partial charge in [0.2, 0.25) is 0 Å². The Hall–Kier alpha value is -2.19. The maximum Gasteiger partial charge on any atom is 0.265 e. The van der Waals surface area contributed by atoms with Gasteiger partial charge in [-0.1, -0.05) is 22.0 Å². The first-order valence-electron chi connectivity index (χ1n) is 5.63. The van der Waals surface area contributed by atoms with Crippen molar-refractivity contribution in [1.29, 1.82) is 0 Å². The first-order valence-corrected chi connectivity index (χ1v) is 6.42. The molecule has 104 valence electrons. The average molecular weight is 338 g/mol. The molecule has 0 unspecified atom stereocenters. The molecule has 0 bridgehead atoms. The van der Waals surface area contributed by atoms with E-state index in [9.17, 15) is 9.59 Å². The molecule has 7 nitrogen and oxygen atoms in total. The third-order valence-corrected chi connectivity index (χ3v) is 3.43. The van der Waals surface area contributed by atoms with E-state index in [2.05, 4.69) is 26.5 Å². The maximum atomic E-state index is 11.4. The molecule has 2 aromatic rings. The Labute approximate surface area is 123 Å². The molecule has 2 rings (SSSR count). The number of benzene rings is 1. The molecule has 20 heavy (non-hydrogen) atoms. The molecule has 0 fully saturated rings. The summed E-state index contributed by atoms with van der Waals surface area (Å²) >= 11 is 3.38. The van der Waals surface area contributed by atoms with Gasteiger partial charge >= 0.3 is 0 Å². The van der Waals surface area contributed by atoms with Crippen LogP contribution in [-0.2, 0) is 6.54 Å². The summed E-state index contributed by atoms with van der Waals surface area (Å²) in [4.78, 5) is 22.4. The van der Waals surface area contributed by atoms with Gasteiger partial charge in [-0.15, -0.1) is 0 Å². The molecule has 0 spiro atoms. The van der Waals surface area contributed by atoms with Gasteiger partial charge in [-0.25, -0.2) is 5.84 Å². The molecule has 1 heterocycles. The highest BCUT2D eigenvalue weighted by Gasteiger charge is 2.09. The molecular weight excluding hydrogens is 326 g/mol. The van der Waals surface area contributed by atoms with Crippen molar-refractivity contribution in [1.82, 2.24) is 15.2 Å². The highest BCUT2D eigenvalue weighted by molar-refractivity contribution is 9.10. The van der Waals surface area contributed by atoms with Crippen LogP contribution >= 0.6 is 15.9 Å². The van der Waals surface area contributed by atoms with Gasteiger partial charge in [0, 0.05) is 16.2 Å². The molecule has 0 atom stereocenters. The van der Waals surface area contributed by atoms with Crippen LogP contribution in [-0.4, -0.2) is 21.6 Å². The number of carbonyl (C=O) groups is 2. The van der Waals surface area contributed by atoms with E-state index in [1.54, 1.807) is 29.1 Å². The van der Waals surface area contributed by atoms with Gasteiger partial charge in [0.15, 0.2) is 0 Å². The standard InChI is InChI=1S/C12H12BrN5O2/c13-10-3-7(12(20)17-15)1-2-8(10)5-18-6-9(4-16-18)11(14)19/h1-4,6H,5,15H2,(H2,14,19)(H,17,20). The minimum absolute atomic E-state index is 0.347. The molecule has 0 aliphatic rings. The van der Waals surface area contributed by atoms with Crippen LogP contribution in [0.4, 0.5) is 0 Å². The molecule has 0 radical (unpaired) electrons. The number of halogens is 1. The predicted octanol–water partition coefficient (Wildman–Crippen LogP) is 0.396. The van der Waals surface area contributed by atoms with Gasteiger partial charge in [0.05, 0.1) is 18.3 Å². The fourth-order valence-electron chi connectivity index (χ4n) is 1.65. The van der Waals surface area contributed by atoms with Crippen molar-refractivity contribution >= 4 is 27.7 Å². The normalized spacial score (nSPS) is 10.3. The van der Waals surface area contributed by atoms with Gasteiger partial charge in [0.25, 0.3) is 11.8 Å². The third-order valence-electron chi connectivity index (χ3n) is 2.70. The second-order valence-electron chi connectivity index (χ2n) is 4.07. The van der Waals surface area contributed by atoms with Crippen molar-refractivity contribution in [2.45, 2.75) is 6.54 Å². The zero-order valence-electron chi connectivity index (χ0n) is 10.3. The molecule has 0 aliphatic heterocycles. The van der Waals surface area contributed by atoms with E-state index in [-0.39, 0.29) is 5.91 Å². The Balaban J connectivity index is 2.21. The number of nitrogens with zero attached hydrogens (tertiary/aromatic N) is 2. The molecule has 5 N–H and O–H groups in total. The monoisotopic (exact) mass is 337 g/mol. The summed E-state index contributed by atoms with van der Waals surface area (Å²) < 4.78 is 2.33. The van der Waals surface area contributed by atoms with E-state index in [1.165, 1.54) is 6.20 Å². The van der Waals surface area contributed by atoms with Crippen LogP contribution in [0.2, 0.25) is 0 Å². The summed E-state index contributed by atoms with van der Waals surface area (Å²) in [7, 11) is 0. The summed E-state index contributed by atoms with van der Waals surface area (Å²) in [5.41, 5.74) is 8.92. The molecule has 0 saturated carbocycles. The van der Waals surface area contributed by atoms with E-state index in [4.69, 9.17) is 11.6 Å². The van der Waals surface area contributed by atoms with Crippen LogP contribution in [0, 0.1) is 0 Å². The number of nitrogens with one attached hydrogen (secondary N) is 1. The zero-order valence-corrected chi connectivity index (χ0v) is 11.9. The molecule has 2 amide bonds. The number of carbonyl (C=O) groups excluding carboxylic acids is 2. The Morgan fingerprint density at radius 2 is 2.10 bits per heavy atom. The number of hydrogen-bond donors (Lipinski definition) is 3. The molecular formula is C12H12BrN5O2. The van der Waals surface area contributed by atoms with Crippen molar-refractivity contribution in [2.75, 3.05) is 0 Å². The number of hydrogen-bond acceptors (Lipinski definition) is 4. The van der Waals surface area contributed by atoms with E-state index >= 15 is 0 Å². The minimum atomic E-state index is -0.523. The summed E-state index contributed by atoms with van der Waals surface area (Å²) in [6.45, 7) is 0.443. The second kappa shape index (κ2) is 5.85. The Morgan fingerprint density at radius 3 is 2.65 bits per heavy atom. The quantitative estimate of drug-likeness (QED) is 0.425. The number of primary amides is 1. The van der Waals surface area contributed by atoms with Crippen LogP contribution in [0.15, 0.2) is 35.1 Å². The van der Waals surface area contributed by atoms with Crippen LogP contribution < -0.4 is 17.0 Å². The predicted molar refractivity (Wildman–Crippen MR) is 75.6 cm³/mol. The smallest absolute Gasteiger partial charge is 0.265 e. The Kier molecular flexibility index (Phi) is 4.16. The third kappa shape index (κ3) is 3.03. The number of rotatable bonds is 4.